The molecule has 0 bridgehead atoms. The van der Waals surface area contributed by atoms with Gasteiger partial charge in [-0.2, -0.15) is 0 Å². The van der Waals surface area contributed by atoms with Crippen molar-refractivity contribution in [2.24, 2.45) is 5.73 Å². The Kier molecular flexibility index (Phi) is 2.19. The Morgan fingerprint density at radius 1 is 1.24 bits per heavy atom. The van der Waals surface area contributed by atoms with Crippen LogP contribution >= 0.6 is 0 Å². The number of aryl methyl sites for hydroxylation is 1. The molecule has 0 aliphatic heterocycles. The van der Waals surface area contributed by atoms with Crippen LogP contribution < -0.4 is 5.73 Å². The maximum Gasteiger partial charge on any atom is 0.123 e. The summed E-state index contributed by atoms with van der Waals surface area (Å²) in [6, 6.07) is 4.79. The number of aromatic nitrogens is 2. The predicted octanol–water partition coefficient (Wildman–Crippen LogP) is 1.76. The normalized spacial score (nSPS) is 22.5. The van der Waals surface area contributed by atoms with Crippen molar-refractivity contribution < 1.29 is 4.39 Å². The van der Waals surface area contributed by atoms with Gasteiger partial charge in [0.05, 0.1) is 5.54 Å². The topological polar surface area (TPSA) is 51.8 Å². The molecular formula is C13H12FN3. The highest BCUT2D eigenvalue weighted by Gasteiger charge is 2.37. The van der Waals surface area contributed by atoms with E-state index in [1.165, 1.54) is 12.4 Å². The highest BCUT2D eigenvalue weighted by atomic mass is 19.1. The van der Waals surface area contributed by atoms with E-state index < -0.39 is 5.54 Å². The number of rotatable bonds is 1. The van der Waals surface area contributed by atoms with E-state index in [4.69, 9.17) is 5.73 Å². The van der Waals surface area contributed by atoms with Gasteiger partial charge in [-0.1, -0.05) is 6.07 Å². The van der Waals surface area contributed by atoms with Crippen LogP contribution in [0.4, 0.5) is 4.39 Å². The predicted molar refractivity (Wildman–Crippen MR) is 61.7 cm³/mol. The molecule has 0 saturated carbocycles. The molecule has 1 unspecified atom stereocenters. The average Bonchev–Trinajstić information content (AvgIpc) is 2.69. The quantitative estimate of drug-likeness (QED) is 0.810. The van der Waals surface area contributed by atoms with Gasteiger partial charge in [-0.3, -0.25) is 0 Å². The summed E-state index contributed by atoms with van der Waals surface area (Å²) in [6.45, 7) is 0. The Hall–Kier alpha value is -1.81. The van der Waals surface area contributed by atoms with E-state index >= 15 is 0 Å². The minimum absolute atomic E-state index is 0.211. The van der Waals surface area contributed by atoms with Gasteiger partial charge in [0.1, 0.15) is 12.1 Å². The molecule has 3 rings (SSSR count). The molecule has 1 atom stereocenters. The molecule has 1 heterocycles. The maximum absolute atomic E-state index is 13.2. The molecule has 17 heavy (non-hydrogen) atoms. The van der Waals surface area contributed by atoms with Crippen molar-refractivity contribution in [2.45, 2.75) is 18.4 Å². The number of hydrogen-bond acceptors (Lipinski definition) is 3. The van der Waals surface area contributed by atoms with Gasteiger partial charge in [-0.05, 0) is 36.1 Å². The van der Waals surface area contributed by atoms with Crippen LogP contribution in [0.1, 0.15) is 23.1 Å². The Morgan fingerprint density at radius 3 is 2.76 bits per heavy atom. The standard InChI is InChI=1S/C13H12FN3/c14-11-1-2-12-9(5-11)3-4-13(12,15)10-6-16-8-17-7-10/h1-2,5-8H,3-4,15H2. The van der Waals surface area contributed by atoms with Gasteiger partial charge in [-0.15, -0.1) is 0 Å². The van der Waals surface area contributed by atoms with Crippen molar-refractivity contribution in [3.8, 4) is 0 Å². The first-order chi connectivity index (χ1) is 8.20. The summed E-state index contributed by atoms with van der Waals surface area (Å²) in [5.41, 5.74) is 8.70. The second kappa shape index (κ2) is 3.60. The Morgan fingerprint density at radius 2 is 2.00 bits per heavy atom. The molecule has 0 spiro atoms. The van der Waals surface area contributed by atoms with Crippen LogP contribution in [-0.2, 0) is 12.0 Å². The van der Waals surface area contributed by atoms with Crippen LogP contribution in [0, 0.1) is 5.82 Å². The van der Waals surface area contributed by atoms with Crippen LogP contribution in [-0.4, -0.2) is 9.97 Å². The van der Waals surface area contributed by atoms with Gasteiger partial charge >= 0.3 is 0 Å². The van der Waals surface area contributed by atoms with E-state index in [1.54, 1.807) is 24.5 Å². The number of fused-ring (bicyclic) bond motifs is 1. The third-order valence-corrected chi connectivity index (χ3v) is 3.41. The molecule has 2 N–H and O–H groups in total. The van der Waals surface area contributed by atoms with E-state index in [-0.39, 0.29) is 5.82 Å². The van der Waals surface area contributed by atoms with Crippen LogP contribution in [0.3, 0.4) is 0 Å². The van der Waals surface area contributed by atoms with Crippen molar-refractivity contribution in [1.29, 1.82) is 0 Å². The Bertz CT molecular complexity index is 556. The van der Waals surface area contributed by atoms with Crippen LogP contribution in [0.15, 0.2) is 36.9 Å². The highest BCUT2D eigenvalue weighted by Crippen LogP contribution is 2.39. The lowest BCUT2D eigenvalue weighted by molar-refractivity contribution is 0.530. The van der Waals surface area contributed by atoms with Gasteiger partial charge in [0.2, 0.25) is 0 Å². The molecule has 1 aromatic heterocycles. The smallest absolute Gasteiger partial charge is 0.123 e. The fourth-order valence-electron chi connectivity index (χ4n) is 2.50. The maximum atomic E-state index is 13.2. The molecule has 0 radical (unpaired) electrons. The monoisotopic (exact) mass is 229 g/mol. The number of nitrogens with zero attached hydrogens (tertiary/aromatic N) is 2. The lowest BCUT2D eigenvalue weighted by Crippen LogP contribution is -2.35. The van der Waals surface area contributed by atoms with E-state index in [0.717, 1.165) is 29.5 Å². The summed E-state index contributed by atoms with van der Waals surface area (Å²) >= 11 is 0. The van der Waals surface area contributed by atoms with Crippen molar-refractivity contribution in [1.82, 2.24) is 9.97 Å². The van der Waals surface area contributed by atoms with E-state index in [2.05, 4.69) is 9.97 Å². The zero-order valence-electron chi connectivity index (χ0n) is 9.23. The molecule has 0 amide bonds. The minimum atomic E-state index is -0.579. The molecule has 4 heteroatoms. The van der Waals surface area contributed by atoms with Gasteiger partial charge in [-0.25, -0.2) is 14.4 Å². The number of benzene rings is 1. The minimum Gasteiger partial charge on any atom is -0.318 e. The van der Waals surface area contributed by atoms with Crippen molar-refractivity contribution in [2.75, 3.05) is 0 Å². The molecule has 1 aliphatic rings. The third kappa shape index (κ3) is 1.52. The van der Waals surface area contributed by atoms with E-state index in [0.29, 0.717) is 0 Å². The second-order valence-corrected chi connectivity index (χ2v) is 4.40. The first-order valence-electron chi connectivity index (χ1n) is 5.53. The van der Waals surface area contributed by atoms with Gasteiger partial charge in [0, 0.05) is 18.0 Å². The molecular weight excluding hydrogens is 217 g/mol. The SMILES string of the molecule is NC1(c2cncnc2)CCc2cc(F)ccc21. The molecule has 3 nitrogen and oxygen atoms in total. The van der Waals surface area contributed by atoms with Crippen molar-refractivity contribution in [3.63, 3.8) is 0 Å². The zero-order valence-corrected chi connectivity index (χ0v) is 9.23. The number of hydrogen-bond donors (Lipinski definition) is 1. The molecule has 2 aromatic rings. The number of halogens is 1. The zero-order chi connectivity index (χ0) is 11.9. The first kappa shape index (κ1) is 10.4. The largest absolute Gasteiger partial charge is 0.318 e. The average molecular weight is 229 g/mol. The van der Waals surface area contributed by atoms with Gasteiger partial charge < -0.3 is 5.73 Å². The summed E-state index contributed by atoms with van der Waals surface area (Å²) in [4.78, 5) is 8.00. The summed E-state index contributed by atoms with van der Waals surface area (Å²) in [6.07, 6.45) is 6.49. The van der Waals surface area contributed by atoms with Crippen LogP contribution in [0.25, 0.3) is 0 Å². The first-order valence-corrected chi connectivity index (χ1v) is 5.53. The summed E-state index contributed by atoms with van der Waals surface area (Å²) < 4.78 is 13.2. The van der Waals surface area contributed by atoms with Crippen LogP contribution in [0.5, 0.6) is 0 Å². The fourth-order valence-corrected chi connectivity index (χ4v) is 2.50. The van der Waals surface area contributed by atoms with Crippen molar-refractivity contribution in [3.05, 3.63) is 59.4 Å². The van der Waals surface area contributed by atoms with E-state index in [9.17, 15) is 4.39 Å². The second-order valence-electron chi connectivity index (χ2n) is 4.40. The summed E-state index contributed by atoms with van der Waals surface area (Å²) in [7, 11) is 0. The summed E-state index contributed by atoms with van der Waals surface area (Å²) in [5.74, 6) is -0.211. The molecule has 0 fully saturated rings. The van der Waals surface area contributed by atoms with Crippen molar-refractivity contribution >= 4 is 0 Å². The van der Waals surface area contributed by atoms with Gasteiger partial charge in [0.15, 0.2) is 0 Å². The number of nitrogens with two attached hydrogens (primary N) is 1. The molecule has 1 aliphatic carbocycles. The fraction of sp³-hybridized carbons (Fsp3) is 0.231. The molecule has 0 saturated heterocycles. The van der Waals surface area contributed by atoms with E-state index in [1.807, 2.05) is 0 Å². The summed E-state index contributed by atoms with van der Waals surface area (Å²) in [5, 5.41) is 0. The molecule has 86 valence electrons. The van der Waals surface area contributed by atoms with Gasteiger partial charge in [0.25, 0.3) is 0 Å². The Labute approximate surface area is 98.5 Å². The molecule has 1 aromatic carbocycles. The third-order valence-electron chi connectivity index (χ3n) is 3.41. The lowest BCUT2D eigenvalue weighted by atomic mass is 9.87. The Balaban J connectivity index is 2.14. The highest BCUT2D eigenvalue weighted by molar-refractivity contribution is 5.45. The van der Waals surface area contributed by atoms with Crippen LogP contribution in [0.2, 0.25) is 0 Å². The lowest BCUT2D eigenvalue weighted by Gasteiger charge is -2.25.